The molecule has 1 aromatic carbocycles. The molecule has 0 unspecified atom stereocenters. The maximum atomic E-state index is 12.5. The Morgan fingerprint density at radius 1 is 1.30 bits per heavy atom. The van der Waals surface area contributed by atoms with Crippen molar-refractivity contribution in [2.24, 2.45) is 5.10 Å². The lowest BCUT2D eigenvalue weighted by Gasteiger charge is -2.07. The molecule has 0 radical (unpaired) electrons. The number of nitriles is 2. The maximum Gasteiger partial charge on any atom is 0.416 e. The summed E-state index contributed by atoms with van der Waals surface area (Å²) < 4.78 is 66.0. The molecular formula is C15H10F3N5O2S2. The van der Waals surface area contributed by atoms with E-state index in [0.29, 0.717) is 4.88 Å². The highest BCUT2D eigenvalue weighted by molar-refractivity contribution is 7.92. The van der Waals surface area contributed by atoms with E-state index < -0.39 is 38.1 Å². The van der Waals surface area contributed by atoms with Crippen LogP contribution in [0.15, 0.2) is 34.4 Å². The Balaban J connectivity index is 2.19. The predicted octanol–water partition coefficient (Wildman–Crippen LogP) is 3.11. The van der Waals surface area contributed by atoms with Crippen molar-refractivity contribution >= 4 is 32.8 Å². The Bertz CT molecular complexity index is 1060. The van der Waals surface area contributed by atoms with Gasteiger partial charge in [0, 0.05) is 4.88 Å². The zero-order valence-electron chi connectivity index (χ0n) is 13.6. The summed E-state index contributed by atoms with van der Waals surface area (Å²) in [5, 5.41) is 21.3. The van der Waals surface area contributed by atoms with Crippen molar-refractivity contribution in [2.75, 3.05) is 11.2 Å². The van der Waals surface area contributed by atoms with Gasteiger partial charge < -0.3 is 0 Å². The van der Waals surface area contributed by atoms with Crippen molar-refractivity contribution in [1.29, 1.82) is 10.5 Å². The Morgan fingerprint density at radius 3 is 2.44 bits per heavy atom. The molecule has 0 aliphatic heterocycles. The van der Waals surface area contributed by atoms with Crippen LogP contribution in [-0.4, -0.2) is 24.3 Å². The van der Waals surface area contributed by atoms with Crippen molar-refractivity contribution in [3.63, 3.8) is 0 Å². The van der Waals surface area contributed by atoms with Gasteiger partial charge in [-0.15, -0.1) is 0 Å². The molecule has 27 heavy (non-hydrogen) atoms. The van der Waals surface area contributed by atoms with Crippen LogP contribution in [0, 0.1) is 29.6 Å². The molecule has 2 rings (SSSR count). The second-order valence-electron chi connectivity index (χ2n) is 5.15. The topological polar surface area (TPSA) is 119 Å². The first-order valence-corrected chi connectivity index (χ1v) is 9.50. The number of aryl methyl sites for hydroxylation is 1. The molecule has 2 aromatic rings. The summed E-state index contributed by atoms with van der Waals surface area (Å²) in [7, 11) is -4.09. The summed E-state index contributed by atoms with van der Waals surface area (Å²) in [5.74, 6) is -0.811. The largest absolute Gasteiger partial charge is 0.416 e. The first kappa shape index (κ1) is 20.4. The minimum Gasteiger partial charge on any atom is -0.278 e. The fourth-order valence-corrected chi connectivity index (χ4v) is 4.21. The average molecular weight is 413 g/mol. The van der Waals surface area contributed by atoms with Crippen LogP contribution in [0.3, 0.4) is 0 Å². The second-order valence-corrected chi connectivity index (χ2v) is 8.03. The molecule has 0 aliphatic carbocycles. The van der Waals surface area contributed by atoms with Gasteiger partial charge in [0.1, 0.15) is 23.5 Å². The molecular weight excluding hydrogens is 403 g/mol. The number of alkyl halides is 3. The predicted molar refractivity (Wildman–Crippen MR) is 91.7 cm³/mol. The first-order chi connectivity index (χ1) is 12.6. The third kappa shape index (κ3) is 4.81. The number of rotatable bonds is 5. The lowest BCUT2D eigenvalue weighted by molar-refractivity contribution is -0.137. The van der Waals surface area contributed by atoms with Crippen LogP contribution >= 0.6 is 11.5 Å². The van der Waals surface area contributed by atoms with Gasteiger partial charge in [0.05, 0.1) is 11.3 Å². The van der Waals surface area contributed by atoms with Gasteiger partial charge in [-0.25, -0.2) is 8.42 Å². The van der Waals surface area contributed by atoms with Gasteiger partial charge in [-0.1, -0.05) is 0 Å². The number of hydrazone groups is 1. The number of anilines is 1. The summed E-state index contributed by atoms with van der Waals surface area (Å²) in [6, 6.07) is 7.17. The van der Waals surface area contributed by atoms with E-state index in [2.05, 4.69) is 14.9 Å². The van der Waals surface area contributed by atoms with Crippen LogP contribution < -0.4 is 5.43 Å². The van der Waals surface area contributed by atoms with E-state index in [0.717, 1.165) is 35.8 Å². The average Bonchev–Trinajstić information content (AvgIpc) is 2.99. The zero-order valence-corrected chi connectivity index (χ0v) is 15.2. The van der Waals surface area contributed by atoms with E-state index in [4.69, 9.17) is 10.5 Å². The molecule has 0 aliphatic rings. The third-order valence-electron chi connectivity index (χ3n) is 3.23. The highest BCUT2D eigenvalue weighted by atomic mass is 32.2. The number of halogens is 3. The van der Waals surface area contributed by atoms with Crippen LogP contribution in [0.25, 0.3) is 0 Å². The van der Waals surface area contributed by atoms with Crippen molar-refractivity contribution < 1.29 is 21.6 Å². The van der Waals surface area contributed by atoms with Gasteiger partial charge in [0.15, 0.2) is 10.7 Å². The van der Waals surface area contributed by atoms with Crippen LogP contribution in [0.1, 0.15) is 16.0 Å². The van der Waals surface area contributed by atoms with Gasteiger partial charge in [0.2, 0.25) is 9.84 Å². The minimum absolute atomic E-state index is 0.0898. The fraction of sp³-hybridized carbons (Fsp3) is 0.200. The van der Waals surface area contributed by atoms with Crippen molar-refractivity contribution in [3.05, 3.63) is 40.3 Å². The molecule has 140 valence electrons. The van der Waals surface area contributed by atoms with Crippen LogP contribution in [0.2, 0.25) is 0 Å². The number of nitrogens with zero attached hydrogens (tertiary/aromatic N) is 4. The number of nitrogens with one attached hydrogen (secondary N) is 1. The quantitative estimate of drug-likeness (QED) is 0.594. The molecule has 1 N–H and O–H groups in total. The maximum absolute atomic E-state index is 12.5. The Morgan fingerprint density at radius 2 is 1.93 bits per heavy atom. The molecule has 12 heteroatoms. The van der Waals surface area contributed by atoms with Gasteiger partial charge in [-0.05, 0) is 42.7 Å². The van der Waals surface area contributed by atoms with Crippen molar-refractivity contribution in [3.8, 4) is 12.1 Å². The van der Waals surface area contributed by atoms with Gasteiger partial charge >= 0.3 is 6.18 Å². The summed E-state index contributed by atoms with van der Waals surface area (Å²) in [6.07, 6.45) is -4.49. The standard InChI is InChI=1S/C15H10F3N5O2S2/c1-9-13(7-20)14(23-26-9)27(24,25)8-12(6-19)22-21-11-4-2-10(3-5-11)15(16,17)18/h2-5,21H,8H2,1H3/b22-12+. The smallest absolute Gasteiger partial charge is 0.278 e. The summed E-state index contributed by atoms with van der Waals surface area (Å²) in [4.78, 5) is 0.425. The molecule has 7 nitrogen and oxygen atoms in total. The summed E-state index contributed by atoms with van der Waals surface area (Å²) >= 11 is 0.849. The normalized spacial score (nSPS) is 12.3. The summed E-state index contributed by atoms with van der Waals surface area (Å²) in [6.45, 7) is 1.54. The van der Waals surface area contributed by atoms with Gasteiger partial charge in [-0.2, -0.15) is 33.2 Å². The minimum atomic E-state index is -4.49. The molecule has 1 aromatic heterocycles. The third-order valence-corrected chi connectivity index (χ3v) is 5.63. The van der Waals surface area contributed by atoms with Crippen molar-refractivity contribution in [1.82, 2.24) is 4.37 Å². The van der Waals surface area contributed by atoms with E-state index in [1.807, 2.05) is 0 Å². The van der Waals surface area contributed by atoms with E-state index in [1.165, 1.54) is 0 Å². The second kappa shape index (κ2) is 7.73. The number of hydrogen-bond donors (Lipinski definition) is 1. The molecule has 0 bridgehead atoms. The van der Waals surface area contributed by atoms with E-state index in [9.17, 15) is 21.6 Å². The van der Waals surface area contributed by atoms with E-state index in [-0.39, 0.29) is 11.3 Å². The Kier molecular flexibility index (Phi) is 5.83. The number of aromatic nitrogens is 1. The summed E-state index contributed by atoms with van der Waals surface area (Å²) in [5.41, 5.74) is 1.08. The molecule has 0 saturated heterocycles. The SMILES string of the molecule is Cc1snc(S(=O)(=O)C/C(C#N)=N/Nc2ccc(C(F)(F)F)cc2)c1C#N. The molecule has 0 spiro atoms. The van der Waals surface area contributed by atoms with Crippen LogP contribution in [0.4, 0.5) is 18.9 Å². The first-order valence-electron chi connectivity index (χ1n) is 7.07. The molecule has 0 fully saturated rings. The Hall–Kier alpha value is -2.96. The Labute approximate surface area is 156 Å². The molecule has 1 heterocycles. The van der Waals surface area contributed by atoms with E-state index in [1.54, 1.807) is 19.1 Å². The lowest BCUT2D eigenvalue weighted by Crippen LogP contribution is -2.17. The number of hydrogen-bond acceptors (Lipinski definition) is 8. The van der Waals surface area contributed by atoms with Crippen LogP contribution in [0.5, 0.6) is 0 Å². The van der Waals surface area contributed by atoms with Gasteiger partial charge in [0.25, 0.3) is 0 Å². The van der Waals surface area contributed by atoms with Crippen molar-refractivity contribution in [2.45, 2.75) is 18.1 Å². The van der Waals surface area contributed by atoms with E-state index >= 15 is 0 Å². The lowest BCUT2D eigenvalue weighted by atomic mass is 10.2. The molecule has 0 saturated carbocycles. The highest BCUT2D eigenvalue weighted by Gasteiger charge is 2.30. The highest BCUT2D eigenvalue weighted by Crippen LogP contribution is 2.29. The monoisotopic (exact) mass is 413 g/mol. The molecule has 0 atom stereocenters. The van der Waals surface area contributed by atoms with Crippen LogP contribution in [-0.2, 0) is 16.0 Å². The zero-order chi connectivity index (χ0) is 20.2. The number of sulfone groups is 1. The number of benzene rings is 1. The molecule has 0 amide bonds. The van der Waals surface area contributed by atoms with Gasteiger partial charge in [-0.3, -0.25) is 5.43 Å². The fourth-order valence-electron chi connectivity index (χ4n) is 1.89.